The third kappa shape index (κ3) is 2.56. The van der Waals surface area contributed by atoms with E-state index in [-0.39, 0.29) is 0 Å². The Hall–Kier alpha value is -0.790. The van der Waals surface area contributed by atoms with Crippen LogP contribution in [0.5, 0.6) is 5.75 Å². The van der Waals surface area contributed by atoms with Gasteiger partial charge in [-0.3, -0.25) is 0 Å². The van der Waals surface area contributed by atoms with Crippen molar-refractivity contribution in [2.24, 2.45) is 0 Å². The average molecular weight is 253 g/mol. The molecular formula is C13H20NO2P. The van der Waals surface area contributed by atoms with Gasteiger partial charge in [-0.05, 0) is 18.1 Å². The molecular weight excluding hydrogens is 233 g/mol. The molecule has 17 heavy (non-hydrogen) atoms. The number of ether oxygens (including phenoxy) is 1. The molecule has 0 amide bonds. The maximum absolute atomic E-state index is 12.8. The lowest BCUT2D eigenvalue weighted by Gasteiger charge is -2.24. The number of methoxy groups -OCH3 is 1. The van der Waals surface area contributed by atoms with E-state index in [0.29, 0.717) is 0 Å². The minimum absolute atomic E-state index is 0.766. The standard InChI is InChI=1S/C13H20NO2P/c1-3-11-4-5-12(10-13(11)16-2)17(15)8-6-14-7-9-17/h4-5,10,14H,3,6-9H2,1-2H3. The summed E-state index contributed by atoms with van der Waals surface area (Å²) in [6.45, 7) is 3.81. The van der Waals surface area contributed by atoms with Crippen LogP contribution in [0.25, 0.3) is 0 Å². The largest absolute Gasteiger partial charge is 0.496 e. The first-order valence-electron chi connectivity index (χ1n) is 6.16. The van der Waals surface area contributed by atoms with Gasteiger partial charge in [-0.15, -0.1) is 0 Å². The fourth-order valence-corrected chi connectivity index (χ4v) is 4.77. The normalized spacial score (nSPS) is 18.9. The molecule has 1 heterocycles. The summed E-state index contributed by atoms with van der Waals surface area (Å²) < 4.78 is 18.2. The Morgan fingerprint density at radius 2 is 2.06 bits per heavy atom. The molecule has 94 valence electrons. The van der Waals surface area contributed by atoms with Crippen molar-refractivity contribution >= 4 is 12.4 Å². The van der Waals surface area contributed by atoms with E-state index in [2.05, 4.69) is 18.3 Å². The van der Waals surface area contributed by atoms with Gasteiger partial charge in [0.15, 0.2) is 0 Å². The van der Waals surface area contributed by atoms with Crippen LogP contribution in [0, 0.1) is 0 Å². The lowest BCUT2D eigenvalue weighted by atomic mass is 10.1. The van der Waals surface area contributed by atoms with Crippen molar-refractivity contribution in [1.82, 2.24) is 5.32 Å². The maximum atomic E-state index is 12.8. The van der Waals surface area contributed by atoms with Crippen molar-refractivity contribution < 1.29 is 9.30 Å². The number of benzene rings is 1. The molecule has 0 unspecified atom stereocenters. The molecule has 0 spiro atoms. The van der Waals surface area contributed by atoms with Gasteiger partial charge in [-0.1, -0.05) is 19.1 Å². The molecule has 1 fully saturated rings. The molecule has 0 atom stereocenters. The van der Waals surface area contributed by atoms with Crippen LogP contribution < -0.4 is 15.4 Å². The summed E-state index contributed by atoms with van der Waals surface area (Å²) in [7, 11) is -0.502. The van der Waals surface area contributed by atoms with Crippen LogP contribution >= 0.6 is 7.14 Å². The topological polar surface area (TPSA) is 38.3 Å². The van der Waals surface area contributed by atoms with Crippen LogP contribution in [0.3, 0.4) is 0 Å². The second-order valence-corrected chi connectivity index (χ2v) is 7.63. The van der Waals surface area contributed by atoms with Crippen molar-refractivity contribution in [3.63, 3.8) is 0 Å². The van der Waals surface area contributed by atoms with E-state index >= 15 is 0 Å². The SMILES string of the molecule is CCc1ccc(P2(=O)CCNCC2)cc1OC. The zero-order chi connectivity index (χ0) is 12.3. The first-order valence-corrected chi connectivity index (χ1v) is 8.23. The van der Waals surface area contributed by atoms with Crippen LogP contribution in [-0.2, 0) is 11.0 Å². The van der Waals surface area contributed by atoms with E-state index in [0.717, 1.165) is 42.9 Å². The van der Waals surface area contributed by atoms with E-state index in [1.54, 1.807) is 7.11 Å². The third-order valence-electron chi connectivity index (χ3n) is 3.42. The Kier molecular flexibility index (Phi) is 3.90. The van der Waals surface area contributed by atoms with Crippen LogP contribution in [-0.4, -0.2) is 32.5 Å². The second-order valence-electron chi connectivity index (χ2n) is 4.44. The minimum Gasteiger partial charge on any atom is -0.496 e. The quantitative estimate of drug-likeness (QED) is 0.835. The first-order chi connectivity index (χ1) is 8.19. The predicted molar refractivity (Wildman–Crippen MR) is 72.2 cm³/mol. The highest BCUT2D eigenvalue weighted by atomic mass is 31.2. The molecule has 1 N–H and O–H groups in total. The molecule has 0 radical (unpaired) electrons. The monoisotopic (exact) mass is 253 g/mol. The van der Waals surface area contributed by atoms with E-state index in [1.807, 2.05) is 12.1 Å². The number of hydrogen-bond acceptors (Lipinski definition) is 3. The average Bonchev–Trinajstić information content (AvgIpc) is 2.38. The zero-order valence-corrected chi connectivity index (χ0v) is 11.4. The zero-order valence-electron chi connectivity index (χ0n) is 10.5. The number of aryl methyl sites for hydroxylation is 1. The fraction of sp³-hybridized carbons (Fsp3) is 0.538. The minimum atomic E-state index is -2.18. The Morgan fingerprint density at radius 3 is 2.65 bits per heavy atom. The summed E-state index contributed by atoms with van der Waals surface area (Å²) in [5, 5.41) is 4.24. The Morgan fingerprint density at radius 1 is 1.35 bits per heavy atom. The van der Waals surface area contributed by atoms with Crippen LogP contribution in [0.1, 0.15) is 12.5 Å². The molecule has 0 saturated carbocycles. The van der Waals surface area contributed by atoms with E-state index < -0.39 is 7.14 Å². The van der Waals surface area contributed by atoms with Gasteiger partial charge >= 0.3 is 0 Å². The van der Waals surface area contributed by atoms with Crippen molar-refractivity contribution in [1.29, 1.82) is 0 Å². The third-order valence-corrected chi connectivity index (χ3v) is 6.53. The summed E-state index contributed by atoms with van der Waals surface area (Å²) in [5.41, 5.74) is 1.18. The van der Waals surface area contributed by atoms with Crippen molar-refractivity contribution in [2.45, 2.75) is 13.3 Å². The van der Waals surface area contributed by atoms with Gasteiger partial charge in [0.2, 0.25) is 0 Å². The van der Waals surface area contributed by atoms with Gasteiger partial charge in [-0.2, -0.15) is 0 Å². The molecule has 1 aliphatic heterocycles. The molecule has 3 nitrogen and oxygen atoms in total. The van der Waals surface area contributed by atoms with Crippen LogP contribution in [0.4, 0.5) is 0 Å². The van der Waals surface area contributed by atoms with Crippen LogP contribution in [0.15, 0.2) is 18.2 Å². The van der Waals surface area contributed by atoms with Gasteiger partial charge in [-0.25, -0.2) is 0 Å². The van der Waals surface area contributed by atoms with Crippen molar-refractivity contribution in [3.8, 4) is 5.75 Å². The molecule has 1 aromatic carbocycles. The predicted octanol–water partition coefficient (Wildman–Crippen LogP) is 1.85. The van der Waals surface area contributed by atoms with Crippen molar-refractivity contribution in [3.05, 3.63) is 23.8 Å². The molecule has 1 aliphatic rings. The molecule has 1 aromatic rings. The smallest absolute Gasteiger partial charge is 0.122 e. The number of hydrogen-bond donors (Lipinski definition) is 1. The molecule has 0 aromatic heterocycles. The summed E-state index contributed by atoms with van der Waals surface area (Å²) in [6, 6.07) is 6.05. The molecule has 0 aliphatic carbocycles. The summed E-state index contributed by atoms with van der Waals surface area (Å²) >= 11 is 0. The van der Waals surface area contributed by atoms with Crippen molar-refractivity contribution in [2.75, 3.05) is 32.5 Å². The Bertz CT molecular complexity index is 435. The van der Waals surface area contributed by atoms with E-state index in [4.69, 9.17) is 4.74 Å². The molecule has 0 bridgehead atoms. The van der Waals surface area contributed by atoms with E-state index in [9.17, 15) is 4.57 Å². The first kappa shape index (κ1) is 12.7. The van der Waals surface area contributed by atoms with Crippen LogP contribution in [0.2, 0.25) is 0 Å². The van der Waals surface area contributed by atoms with Gasteiger partial charge in [0.1, 0.15) is 12.9 Å². The van der Waals surface area contributed by atoms with Gasteiger partial charge in [0, 0.05) is 30.7 Å². The van der Waals surface area contributed by atoms with Gasteiger partial charge < -0.3 is 14.6 Å². The number of nitrogens with one attached hydrogen (secondary N) is 1. The summed E-state index contributed by atoms with van der Waals surface area (Å²) in [5.74, 6) is 0.874. The maximum Gasteiger partial charge on any atom is 0.122 e. The number of rotatable bonds is 3. The van der Waals surface area contributed by atoms with E-state index in [1.165, 1.54) is 5.56 Å². The molecule has 2 rings (SSSR count). The summed E-state index contributed by atoms with van der Waals surface area (Å²) in [4.78, 5) is 0. The lowest BCUT2D eigenvalue weighted by molar-refractivity contribution is 0.410. The highest BCUT2D eigenvalue weighted by Gasteiger charge is 2.27. The lowest BCUT2D eigenvalue weighted by Crippen LogP contribution is -2.32. The Balaban J connectivity index is 2.35. The highest BCUT2D eigenvalue weighted by molar-refractivity contribution is 7.71. The Labute approximate surface area is 103 Å². The second kappa shape index (κ2) is 5.24. The summed E-state index contributed by atoms with van der Waals surface area (Å²) in [6.07, 6.45) is 2.47. The molecule has 1 saturated heterocycles. The molecule has 4 heteroatoms. The van der Waals surface area contributed by atoms with Gasteiger partial charge in [0.05, 0.1) is 7.11 Å². The highest BCUT2D eigenvalue weighted by Crippen LogP contribution is 2.45. The van der Waals surface area contributed by atoms with Gasteiger partial charge in [0.25, 0.3) is 0 Å². The fourth-order valence-electron chi connectivity index (χ4n) is 2.29.